The van der Waals surface area contributed by atoms with Crippen LogP contribution in [0.4, 0.5) is 5.69 Å². The van der Waals surface area contributed by atoms with Crippen LogP contribution in [0.15, 0.2) is 41.0 Å². The molecule has 24 heavy (non-hydrogen) atoms. The average molecular weight is 384 g/mol. The molecular formula is C17H19Cl2N3OS. The van der Waals surface area contributed by atoms with E-state index in [1.165, 1.54) is 12.8 Å². The lowest BCUT2D eigenvalue weighted by atomic mass is 10.2. The third kappa shape index (κ3) is 4.63. The molecule has 0 spiro atoms. The molecule has 2 N–H and O–H groups in total. The third-order valence-corrected chi connectivity index (χ3v) is 4.71. The van der Waals surface area contributed by atoms with Crippen LogP contribution in [0.25, 0.3) is 0 Å². The molecule has 2 aromatic rings. The van der Waals surface area contributed by atoms with Gasteiger partial charge in [0.1, 0.15) is 5.76 Å². The van der Waals surface area contributed by atoms with Gasteiger partial charge in [-0.1, -0.05) is 23.2 Å². The summed E-state index contributed by atoms with van der Waals surface area (Å²) < 4.78 is 5.61. The Kier molecular flexibility index (Phi) is 6.00. The van der Waals surface area contributed by atoms with Gasteiger partial charge in [-0.3, -0.25) is 4.90 Å². The summed E-state index contributed by atoms with van der Waals surface area (Å²) in [6.07, 6.45) is 4.16. The summed E-state index contributed by atoms with van der Waals surface area (Å²) in [6, 6.07) is 9.36. The molecule has 1 atom stereocenters. The topological polar surface area (TPSA) is 40.4 Å². The van der Waals surface area contributed by atoms with Gasteiger partial charge in [0.2, 0.25) is 0 Å². The lowest BCUT2D eigenvalue weighted by molar-refractivity contribution is 0.216. The first kappa shape index (κ1) is 17.5. The summed E-state index contributed by atoms with van der Waals surface area (Å²) in [4.78, 5) is 2.42. The molecular weight excluding hydrogens is 365 g/mol. The van der Waals surface area contributed by atoms with Gasteiger partial charge in [0, 0.05) is 22.3 Å². The molecule has 128 valence electrons. The Hall–Kier alpha value is -1.27. The quantitative estimate of drug-likeness (QED) is 0.731. The maximum absolute atomic E-state index is 6.01. The zero-order valence-corrected chi connectivity index (χ0v) is 15.4. The second-order valence-electron chi connectivity index (χ2n) is 5.77. The SMILES string of the molecule is S=C(NC[C@@H](c1ccco1)N1CCCC1)Nc1cc(Cl)cc(Cl)c1. The van der Waals surface area contributed by atoms with Crippen LogP contribution in [0.5, 0.6) is 0 Å². The van der Waals surface area contributed by atoms with Crippen molar-refractivity contribution in [1.29, 1.82) is 0 Å². The lowest BCUT2D eigenvalue weighted by Crippen LogP contribution is -2.38. The molecule has 2 heterocycles. The fourth-order valence-corrected chi connectivity index (χ4v) is 3.66. The van der Waals surface area contributed by atoms with Gasteiger partial charge in [-0.25, -0.2) is 0 Å². The first-order chi connectivity index (χ1) is 11.6. The molecule has 0 saturated carbocycles. The van der Waals surface area contributed by atoms with Crippen molar-refractivity contribution in [2.45, 2.75) is 18.9 Å². The normalized spacial score (nSPS) is 16.1. The summed E-state index contributed by atoms with van der Waals surface area (Å²) in [5.74, 6) is 0.956. The van der Waals surface area contributed by atoms with Crippen molar-refractivity contribution in [1.82, 2.24) is 10.2 Å². The molecule has 7 heteroatoms. The minimum Gasteiger partial charge on any atom is -0.468 e. The zero-order valence-electron chi connectivity index (χ0n) is 13.1. The van der Waals surface area contributed by atoms with E-state index in [2.05, 4.69) is 15.5 Å². The number of hydrogen-bond donors (Lipinski definition) is 2. The predicted molar refractivity (Wildman–Crippen MR) is 103 cm³/mol. The Balaban J connectivity index is 1.60. The van der Waals surface area contributed by atoms with Crippen LogP contribution >= 0.6 is 35.4 Å². The third-order valence-electron chi connectivity index (χ3n) is 4.03. The molecule has 1 aromatic heterocycles. The first-order valence-electron chi connectivity index (χ1n) is 7.90. The minimum atomic E-state index is 0.171. The standard InChI is InChI=1S/C17H19Cl2N3OS/c18-12-8-13(19)10-14(9-12)21-17(24)20-11-15(16-4-3-7-23-16)22-5-1-2-6-22/h3-4,7-10,15H,1-2,5-6,11H2,(H2,20,21,24)/t15-/m0/s1. The highest BCUT2D eigenvalue weighted by atomic mass is 35.5. The second kappa shape index (κ2) is 8.21. The monoisotopic (exact) mass is 383 g/mol. The molecule has 4 nitrogen and oxygen atoms in total. The smallest absolute Gasteiger partial charge is 0.170 e. The maximum Gasteiger partial charge on any atom is 0.170 e. The fraction of sp³-hybridized carbons (Fsp3) is 0.353. The summed E-state index contributed by atoms with van der Waals surface area (Å²) in [7, 11) is 0. The minimum absolute atomic E-state index is 0.171. The van der Waals surface area contributed by atoms with Gasteiger partial charge in [-0.2, -0.15) is 0 Å². The number of nitrogens with zero attached hydrogens (tertiary/aromatic N) is 1. The lowest BCUT2D eigenvalue weighted by Gasteiger charge is -2.26. The van der Waals surface area contributed by atoms with E-state index in [0.717, 1.165) is 24.5 Å². The van der Waals surface area contributed by atoms with Crippen molar-refractivity contribution in [3.63, 3.8) is 0 Å². The summed E-state index contributed by atoms with van der Waals surface area (Å²) in [6.45, 7) is 2.84. The van der Waals surface area contributed by atoms with Gasteiger partial charge >= 0.3 is 0 Å². The molecule has 0 aliphatic carbocycles. The fourth-order valence-electron chi connectivity index (χ4n) is 2.93. The van der Waals surface area contributed by atoms with Crippen LogP contribution in [0.3, 0.4) is 0 Å². The second-order valence-corrected chi connectivity index (χ2v) is 7.05. The zero-order chi connectivity index (χ0) is 16.9. The number of anilines is 1. The van der Waals surface area contributed by atoms with Crippen molar-refractivity contribution in [3.05, 3.63) is 52.4 Å². The average Bonchev–Trinajstić information content (AvgIpc) is 3.19. The molecule has 0 amide bonds. The number of halogens is 2. The van der Waals surface area contributed by atoms with E-state index >= 15 is 0 Å². The van der Waals surface area contributed by atoms with E-state index < -0.39 is 0 Å². The van der Waals surface area contributed by atoms with E-state index in [4.69, 9.17) is 39.8 Å². The molecule has 0 radical (unpaired) electrons. The van der Waals surface area contributed by atoms with E-state index in [9.17, 15) is 0 Å². The number of rotatable bonds is 5. The van der Waals surface area contributed by atoms with Gasteiger partial charge < -0.3 is 15.1 Å². The molecule has 0 bridgehead atoms. The largest absolute Gasteiger partial charge is 0.468 e. The number of thiocarbonyl (C=S) groups is 1. The Morgan fingerprint density at radius 1 is 1.21 bits per heavy atom. The molecule has 1 aliphatic rings. The van der Waals surface area contributed by atoms with E-state index in [-0.39, 0.29) is 6.04 Å². The number of likely N-dealkylation sites (tertiary alicyclic amines) is 1. The van der Waals surface area contributed by atoms with Crippen molar-refractivity contribution in [2.24, 2.45) is 0 Å². The van der Waals surface area contributed by atoms with E-state index in [0.29, 0.717) is 21.7 Å². The molecule has 1 fully saturated rings. The highest BCUT2D eigenvalue weighted by Crippen LogP contribution is 2.25. The molecule has 3 rings (SSSR count). The van der Waals surface area contributed by atoms with Crippen molar-refractivity contribution < 1.29 is 4.42 Å². The van der Waals surface area contributed by atoms with Crippen molar-refractivity contribution >= 4 is 46.2 Å². The van der Waals surface area contributed by atoms with Crippen LogP contribution in [0, 0.1) is 0 Å². The number of benzene rings is 1. The van der Waals surface area contributed by atoms with Crippen molar-refractivity contribution in [3.8, 4) is 0 Å². The van der Waals surface area contributed by atoms with Gasteiger partial charge in [0.25, 0.3) is 0 Å². The van der Waals surface area contributed by atoms with Gasteiger partial charge in [0.15, 0.2) is 5.11 Å². The number of nitrogens with one attached hydrogen (secondary N) is 2. The maximum atomic E-state index is 6.01. The summed E-state index contributed by atoms with van der Waals surface area (Å²) in [5.41, 5.74) is 0.765. The van der Waals surface area contributed by atoms with Gasteiger partial charge in [0.05, 0.1) is 12.3 Å². The Morgan fingerprint density at radius 3 is 2.54 bits per heavy atom. The Morgan fingerprint density at radius 2 is 1.92 bits per heavy atom. The molecule has 1 aromatic carbocycles. The first-order valence-corrected chi connectivity index (χ1v) is 9.06. The summed E-state index contributed by atoms with van der Waals surface area (Å²) >= 11 is 17.4. The Labute approximate surface area is 157 Å². The predicted octanol–water partition coefficient (Wildman–Crippen LogP) is 4.71. The highest BCUT2D eigenvalue weighted by Gasteiger charge is 2.25. The van der Waals surface area contributed by atoms with E-state index in [1.54, 1.807) is 24.5 Å². The van der Waals surface area contributed by atoms with Crippen molar-refractivity contribution in [2.75, 3.05) is 25.0 Å². The van der Waals surface area contributed by atoms with Gasteiger partial charge in [-0.05, 0) is 68.5 Å². The number of hydrogen-bond acceptors (Lipinski definition) is 3. The summed E-state index contributed by atoms with van der Waals surface area (Å²) in [5, 5.41) is 8.05. The Bertz CT molecular complexity index is 667. The molecule has 1 aliphatic heterocycles. The number of furan rings is 1. The molecule has 1 saturated heterocycles. The highest BCUT2D eigenvalue weighted by molar-refractivity contribution is 7.80. The van der Waals surface area contributed by atoms with Crippen LogP contribution < -0.4 is 10.6 Å². The molecule has 0 unspecified atom stereocenters. The van der Waals surface area contributed by atoms with Crippen LogP contribution in [-0.4, -0.2) is 29.6 Å². The van der Waals surface area contributed by atoms with E-state index in [1.807, 2.05) is 12.1 Å². The van der Waals surface area contributed by atoms with Gasteiger partial charge in [-0.15, -0.1) is 0 Å². The van der Waals surface area contributed by atoms with Crippen LogP contribution in [0.2, 0.25) is 10.0 Å². The van der Waals surface area contributed by atoms with Crippen LogP contribution in [-0.2, 0) is 0 Å². The van der Waals surface area contributed by atoms with Crippen LogP contribution in [0.1, 0.15) is 24.6 Å².